The summed E-state index contributed by atoms with van der Waals surface area (Å²) in [4.78, 5) is 23.0. The van der Waals surface area contributed by atoms with Gasteiger partial charge >= 0.3 is 0 Å². The Morgan fingerprint density at radius 1 is 1.00 bits per heavy atom. The number of carbonyl (C=O) groups excluding carboxylic acids is 2. The van der Waals surface area contributed by atoms with E-state index in [9.17, 15) is 9.59 Å². The SMILES string of the molecule is NC(=O)c1ccc(NC(=O)c2cc(Cl)ccc2Cl)cc1. The van der Waals surface area contributed by atoms with E-state index in [1.165, 1.54) is 18.2 Å². The number of hydrogen-bond acceptors (Lipinski definition) is 2. The fourth-order valence-corrected chi connectivity index (χ4v) is 1.96. The molecule has 0 atom stereocenters. The van der Waals surface area contributed by atoms with Crippen LogP contribution in [0.3, 0.4) is 0 Å². The van der Waals surface area contributed by atoms with Crippen LogP contribution in [0.25, 0.3) is 0 Å². The van der Waals surface area contributed by atoms with E-state index in [-0.39, 0.29) is 11.5 Å². The molecule has 0 fully saturated rings. The molecule has 20 heavy (non-hydrogen) atoms. The van der Waals surface area contributed by atoms with Crippen LogP contribution < -0.4 is 11.1 Å². The molecule has 0 unspecified atom stereocenters. The minimum Gasteiger partial charge on any atom is -0.366 e. The van der Waals surface area contributed by atoms with Crippen molar-refractivity contribution in [2.24, 2.45) is 5.73 Å². The predicted octanol–water partition coefficient (Wildman–Crippen LogP) is 3.34. The van der Waals surface area contributed by atoms with Crippen molar-refractivity contribution in [1.82, 2.24) is 0 Å². The topological polar surface area (TPSA) is 72.2 Å². The molecule has 2 aromatic rings. The second-order valence-electron chi connectivity index (χ2n) is 4.02. The average Bonchev–Trinajstić information content (AvgIpc) is 2.42. The van der Waals surface area contributed by atoms with Crippen molar-refractivity contribution >= 4 is 40.7 Å². The molecule has 0 aromatic heterocycles. The molecule has 102 valence electrons. The molecule has 2 aromatic carbocycles. The molecule has 0 aliphatic carbocycles. The molecule has 0 saturated heterocycles. The Kier molecular flexibility index (Phi) is 4.27. The zero-order chi connectivity index (χ0) is 14.7. The Bertz CT molecular complexity index is 669. The smallest absolute Gasteiger partial charge is 0.257 e. The lowest BCUT2D eigenvalue weighted by Gasteiger charge is -2.07. The Hall–Kier alpha value is -2.04. The Morgan fingerprint density at radius 2 is 1.65 bits per heavy atom. The van der Waals surface area contributed by atoms with Gasteiger partial charge in [-0.3, -0.25) is 9.59 Å². The van der Waals surface area contributed by atoms with Crippen molar-refractivity contribution in [3.05, 3.63) is 63.6 Å². The van der Waals surface area contributed by atoms with Gasteiger partial charge in [0.1, 0.15) is 0 Å². The molecular weight excluding hydrogens is 299 g/mol. The normalized spacial score (nSPS) is 10.1. The number of rotatable bonds is 3. The summed E-state index contributed by atoms with van der Waals surface area (Å²) in [6.07, 6.45) is 0. The zero-order valence-corrected chi connectivity index (χ0v) is 11.7. The lowest BCUT2D eigenvalue weighted by atomic mass is 10.1. The van der Waals surface area contributed by atoms with Gasteiger partial charge in [-0.2, -0.15) is 0 Å². The zero-order valence-electron chi connectivity index (χ0n) is 10.2. The van der Waals surface area contributed by atoms with Crippen molar-refractivity contribution in [1.29, 1.82) is 0 Å². The third-order valence-corrected chi connectivity index (χ3v) is 3.17. The number of nitrogens with two attached hydrogens (primary N) is 1. The van der Waals surface area contributed by atoms with Crippen LogP contribution in [0.4, 0.5) is 5.69 Å². The van der Waals surface area contributed by atoms with Crippen LogP contribution in [0.5, 0.6) is 0 Å². The molecule has 0 heterocycles. The molecule has 4 nitrogen and oxygen atoms in total. The van der Waals surface area contributed by atoms with E-state index in [0.717, 1.165) is 0 Å². The standard InChI is InChI=1S/C14H10Cl2N2O2/c15-9-3-6-12(16)11(7-9)14(20)18-10-4-1-8(2-5-10)13(17)19/h1-7H,(H2,17,19)(H,18,20). The Labute approximate surface area is 125 Å². The number of carbonyl (C=O) groups is 2. The van der Waals surface area contributed by atoms with Crippen LogP contribution in [-0.4, -0.2) is 11.8 Å². The van der Waals surface area contributed by atoms with Crippen molar-refractivity contribution in [3.63, 3.8) is 0 Å². The molecule has 0 aliphatic heterocycles. The van der Waals surface area contributed by atoms with Crippen molar-refractivity contribution in [3.8, 4) is 0 Å². The molecule has 3 N–H and O–H groups in total. The van der Waals surface area contributed by atoms with Crippen LogP contribution in [0.2, 0.25) is 10.0 Å². The van der Waals surface area contributed by atoms with E-state index >= 15 is 0 Å². The van der Waals surface area contributed by atoms with Crippen LogP contribution >= 0.6 is 23.2 Å². The monoisotopic (exact) mass is 308 g/mol. The number of benzene rings is 2. The van der Waals surface area contributed by atoms with E-state index in [4.69, 9.17) is 28.9 Å². The number of nitrogens with one attached hydrogen (secondary N) is 1. The first-order valence-corrected chi connectivity index (χ1v) is 6.39. The summed E-state index contributed by atoms with van der Waals surface area (Å²) in [5.41, 5.74) is 6.30. The van der Waals surface area contributed by atoms with Crippen molar-refractivity contribution in [2.45, 2.75) is 0 Å². The van der Waals surface area contributed by atoms with Gasteiger partial charge in [0.25, 0.3) is 5.91 Å². The highest BCUT2D eigenvalue weighted by Gasteiger charge is 2.11. The summed E-state index contributed by atoms with van der Waals surface area (Å²) in [6, 6.07) is 10.8. The second-order valence-corrected chi connectivity index (χ2v) is 4.86. The Morgan fingerprint density at radius 3 is 2.25 bits per heavy atom. The quantitative estimate of drug-likeness (QED) is 0.912. The van der Waals surface area contributed by atoms with Gasteiger partial charge in [-0.25, -0.2) is 0 Å². The van der Waals surface area contributed by atoms with Gasteiger partial charge in [0.05, 0.1) is 10.6 Å². The second kappa shape index (κ2) is 5.94. The third-order valence-electron chi connectivity index (χ3n) is 2.60. The number of halogens is 2. The van der Waals surface area contributed by atoms with E-state index in [0.29, 0.717) is 21.3 Å². The molecular formula is C14H10Cl2N2O2. The summed E-state index contributed by atoms with van der Waals surface area (Å²) in [6.45, 7) is 0. The van der Waals surface area contributed by atoms with Gasteiger partial charge in [0.2, 0.25) is 5.91 Å². The molecule has 0 aliphatic rings. The number of primary amides is 1. The first-order chi connectivity index (χ1) is 9.47. The van der Waals surface area contributed by atoms with E-state index in [1.807, 2.05) is 0 Å². The highest BCUT2D eigenvalue weighted by molar-refractivity contribution is 6.36. The largest absolute Gasteiger partial charge is 0.366 e. The highest BCUT2D eigenvalue weighted by atomic mass is 35.5. The van der Waals surface area contributed by atoms with Crippen LogP contribution in [0, 0.1) is 0 Å². The molecule has 0 spiro atoms. The van der Waals surface area contributed by atoms with Gasteiger partial charge in [0.15, 0.2) is 0 Å². The summed E-state index contributed by atoms with van der Waals surface area (Å²) in [5, 5.41) is 3.38. The molecule has 6 heteroatoms. The Balaban J connectivity index is 2.19. The molecule has 0 saturated carbocycles. The molecule has 2 amide bonds. The average molecular weight is 309 g/mol. The lowest BCUT2D eigenvalue weighted by Crippen LogP contribution is -2.13. The summed E-state index contributed by atoms with van der Waals surface area (Å²) in [7, 11) is 0. The minimum absolute atomic E-state index is 0.276. The predicted molar refractivity (Wildman–Crippen MR) is 79.4 cm³/mol. The summed E-state index contributed by atoms with van der Waals surface area (Å²) in [5.74, 6) is -0.912. The number of hydrogen-bond donors (Lipinski definition) is 2. The van der Waals surface area contributed by atoms with E-state index in [2.05, 4.69) is 5.32 Å². The van der Waals surface area contributed by atoms with E-state index in [1.54, 1.807) is 24.3 Å². The van der Waals surface area contributed by atoms with E-state index < -0.39 is 5.91 Å². The first-order valence-electron chi connectivity index (χ1n) is 5.63. The summed E-state index contributed by atoms with van der Waals surface area (Å²) >= 11 is 11.8. The maximum absolute atomic E-state index is 12.1. The number of amides is 2. The molecule has 0 radical (unpaired) electrons. The van der Waals surface area contributed by atoms with Gasteiger partial charge in [-0.15, -0.1) is 0 Å². The highest BCUT2D eigenvalue weighted by Crippen LogP contribution is 2.22. The van der Waals surface area contributed by atoms with Gasteiger partial charge in [-0.05, 0) is 42.5 Å². The van der Waals surface area contributed by atoms with Crippen LogP contribution in [0.1, 0.15) is 20.7 Å². The fraction of sp³-hybridized carbons (Fsp3) is 0. The molecule has 2 rings (SSSR count). The summed E-state index contributed by atoms with van der Waals surface area (Å²) < 4.78 is 0. The lowest BCUT2D eigenvalue weighted by molar-refractivity contribution is 0.0998. The number of anilines is 1. The maximum atomic E-state index is 12.1. The third kappa shape index (κ3) is 3.29. The maximum Gasteiger partial charge on any atom is 0.257 e. The van der Waals surface area contributed by atoms with Gasteiger partial charge in [-0.1, -0.05) is 23.2 Å². The van der Waals surface area contributed by atoms with Crippen molar-refractivity contribution < 1.29 is 9.59 Å². The fourth-order valence-electron chi connectivity index (χ4n) is 1.59. The molecule has 0 bridgehead atoms. The van der Waals surface area contributed by atoms with Crippen LogP contribution in [-0.2, 0) is 0 Å². The van der Waals surface area contributed by atoms with Gasteiger partial charge in [0, 0.05) is 16.3 Å². The van der Waals surface area contributed by atoms with Crippen LogP contribution in [0.15, 0.2) is 42.5 Å². The minimum atomic E-state index is -0.527. The first kappa shape index (κ1) is 14.4. The van der Waals surface area contributed by atoms with Gasteiger partial charge < -0.3 is 11.1 Å². The van der Waals surface area contributed by atoms with Crippen molar-refractivity contribution in [2.75, 3.05) is 5.32 Å².